The van der Waals surface area contributed by atoms with Crippen molar-refractivity contribution in [1.29, 1.82) is 0 Å². The molecule has 0 bridgehead atoms. The summed E-state index contributed by atoms with van der Waals surface area (Å²) in [5.74, 6) is 0.762. The van der Waals surface area contributed by atoms with E-state index in [1.165, 1.54) is 17.5 Å². The molecule has 29 heavy (non-hydrogen) atoms. The Morgan fingerprint density at radius 2 is 1.34 bits per heavy atom. The minimum absolute atomic E-state index is 0. The number of nitrogens with one attached hydrogen (secondary N) is 2. The van der Waals surface area contributed by atoms with Crippen molar-refractivity contribution in [2.75, 3.05) is 45.4 Å². The maximum Gasteiger partial charge on any atom is 0.190 e. The maximum atomic E-state index is 11.5. The Morgan fingerprint density at radius 3 is 1.72 bits per heavy atom. The second-order valence-electron chi connectivity index (χ2n) is 6.90. The van der Waals surface area contributed by atoms with E-state index in [9.17, 15) is 8.42 Å². The normalized spacial score (nSPS) is 11.5. The van der Waals surface area contributed by atoms with Crippen LogP contribution >= 0.6 is 24.0 Å². The second-order valence-corrected chi connectivity index (χ2v) is 8.92. The Bertz CT molecular complexity index is 880. The van der Waals surface area contributed by atoms with E-state index in [-0.39, 0.29) is 24.0 Å². The van der Waals surface area contributed by atoms with E-state index < -0.39 is 9.84 Å². The molecule has 0 radical (unpaired) electrons. The molecule has 0 aromatic heterocycles. The van der Waals surface area contributed by atoms with Crippen molar-refractivity contribution in [2.45, 2.75) is 17.7 Å². The smallest absolute Gasteiger partial charge is 0.190 e. The van der Waals surface area contributed by atoms with E-state index in [0.29, 0.717) is 4.90 Å². The van der Waals surface area contributed by atoms with Crippen molar-refractivity contribution in [3.05, 3.63) is 59.7 Å². The fourth-order valence-electron chi connectivity index (χ4n) is 2.74. The lowest BCUT2D eigenvalue weighted by Crippen LogP contribution is -2.39. The highest BCUT2D eigenvalue weighted by Gasteiger charge is 2.06. The number of rotatable bonds is 8. The monoisotopic (exact) mass is 530 g/mol. The first-order chi connectivity index (χ1) is 13.3. The number of nitrogens with zero attached hydrogens (tertiary/aromatic N) is 2. The average Bonchev–Trinajstić information content (AvgIpc) is 2.67. The van der Waals surface area contributed by atoms with Gasteiger partial charge in [0, 0.05) is 46.2 Å². The fourth-order valence-corrected chi connectivity index (χ4v) is 3.37. The Labute approximate surface area is 191 Å². The molecule has 6 nitrogen and oxygen atoms in total. The van der Waals surface area contributed by atoms with Gasteiger partial charge < -0.3 is 15.5 Å². The molecule has 0 amide bonds. The van der Waals surface area contributed by atoms with Crippen molar-refractivity contribution in [1.82, 2.24) is 10.6 Å². The molecule has 0 spiro atoms. The van der Waals surface area contributed by atoms with Crippen molar-refractivity contribution < 1.29 is 8.42 Å². The van der Waals surface area contributed by atoms with Crippen LogP contribution in [-0.4, -0.2) is 54.9 Å². The molecule has 160 valence electrons. The molecule has 0 aliphatic heterocycles. The lowest BCUT2D eigenvalue weighted by atomic mass is 10.1. The van der Waals surface area contributed by atoms with Crippen LogP contribution in [0.4, 0.5) is 5.69 Å². The van der Waals surface area contributed by atoms with E-state index in [0.717, 1.165) is 37.5 Å². The molecule has 0 unspecified atom stereocenters. The van der Waals surface area contributed by atoms with Gasteiger partial charge in [-0.05, 0) is 48.2 Å². The van der Waals surface area contributed by atoms with Crippen LogP contribution < -0.4 is 15.5 Å². The lowest BCUT2D eigenvalue weighted by Gasteiger charge is -2.14. The third-order valence-electron chi connectivity index (χ3n) is 4.44. The van der Waals surface area contributed by atoms with Crippen molar-refractivity contribution in [3.63, 3.8) is 0 Å². The van der Waals surface area contributed by atoms with Gasteiger partial charge >= 0.3 is 0 Å². The summed E-state index contributed by atoms with van der Waals surface area (Å²) in [6.45, 7) is 1.51. The standard InChI is InChI=1S/C21H30N4O2S.HI/c1-22-21(23-15-13-17-5-9-19(10-6-17)25(2)3)24-16-14-18-7-11-20(12-8-18)28(4,26)27;/h5-12H,13-16H2,1-4H3,(H2,22,23,24);1H. The van der Waals surface area contributed by atoms with Crippen LogP contribution in [0.5, 0.6) is 0 Å². The number of benzene rings is 2. The molecule has 0 saturated carbocycles. The summed E-state index contributed by atoms with van der Waals surface area (Å²) >= 11 is 0. The highest BCUT2D eigenvalue weighted by molar-refractivity contribution is 14.0. The highest BCUT2D eigenvalue weighted by atomic mass is 127. The van der Waals surface area contributed by atoms with Gasteiger partial charge in [0.2, 0.25) is 0 Å². The Balaban J connectivity index is 0.00000420. The third kappa shape index (κ3) is 8.61. The number of sulfone groups is 1. The molecule has 2 aromatic carbocycles. The summed E-state index contributed by atoms with van der Waals surface area (Å²) < 4.78 is 23.0. The average molecular weight is 530 g/mol. The molecule has 2 rings (SSSR count). The molecule has 8 heteroatoms. The van der Waals surface area contributed by atoms with Crippen LogP contribution in [0.25, 0.3) is 0 Å². The Morgan fingerprint density at radius 1 is 0.897 bits per heavy atom. The predicted octanol–water partition coefficient (Wildman–Crippen LogP) is 2.72. The highest BCUT2D eigenvalue weighted by Crippen LogP contribution is 2.12. The summed E-state index contributed by atoms with van der Waals surface area (Å²) in [5.41, 5.74) is 3.55. The van der Waals surface area contributed by atoms with E-state index in [1.807, 2.05) is 26.2 Å². The summed E-state index contributed by atoms with van der Waals surface area (Å²) in [5, 5.41) is 6.61. The summed E-state index contributed by atoms with van der Waals surface area (Å²) in [4.78, 5) is 6.68. The molecular formula is C21H31IN4O2S. The Kier molecular flexibility index (Phi) is 10.5. The number of guanidine groups is 1. The molecule has 2 aromatic rings. The zero-order chi connectivity index (χ0) is 20.6. The SMILES string of the molecule is CN=C(NCCc1ccc(N(C)C)cc1)NCCc1ccc(S(C)(=O)=O)cc1.I. The van der Waals surface area contributed by atoms with Gasteiger partial charge in [0.25, 0.3) is 0 Å². The van der Waals surface area contributed by atoms with Crippen LogP contribution in [-0.2, 0) is 22.7 Å². The van der Waals surface area contributed by atoms with E-state index in [4.69, 9.17) is 0 Å². The first-order valence-corrected chi connectivity index (χ1v) is 11.2. The van der Waals surface area contributed by atoms with Crippen molar-refractivity contribution in [3.8, 4) is 0 Å². The van der Waals surface area contributed by atoms with Crippen LogP contribution in [0.1, 0.15) is 11.1 Å². The van der Waals surface area contributed by atoms with Gasteiger partial charge in [-0.25, -0.2) is 8.42 Å². The van der Waals surface area contributed by atoms with Gasteiger partial charge in [-0.15, -0.1) is 24.0 Å². The molecular weight excluding hydrogens is 499 g/mol. The molecule has 0 atom stereocenters. The van der Waals surface area contributed by atoms with Crippen molar-refractivity contribution >= 4 is 45.5 Å². The zero-order valence-electron chi connectivity index (χ0n) is 17.5. The van der Waals surface area contributed by atoms with Gasteiger partial charge in [-0.3, -0.25) is 4.99 Å². The van der Waals surface area contributed by atoms with E-state index in [2.05, 4.69) is 44.8 Å². The predicted molar refractivity (Wildman–Crippen MR) is 133 cm³/mol. The van der Waals surface area contributed by atoms with Gasteiger partial charge in [0.05, 0.1) is 4.90 Å². The zero-order valence-corrected chi connectivity index (χ0v) is 20.6. The first kappa shape index (κ1) is 25.2. The molecule has 0 aliphatic rings. The van der Waals surface area contributed by atoms with Crippen LogP contribution in [0, 0.1) is 0 Å². The van der Waals surface area contributed by atoms with Gasteiger partial charge in [0.15, 0.2) is 15.8 Å². The van der Waals surface area contributed by atoms with Crippen LogP contribution in [0.15, 0.2) is 58.4 Å². The second kappa shape index (κ2) is 12.0. The summed E-state index contributed by atoms with van der Waals surface area (Å²) in [6, 6.07) is 15.5. The molecule has 0 saturated heterocycles. The number of aliphatic imine (C=N–C) groups is 1. The fraction of sp³-hybridized carbons (Fsp3) is 0.381. The largest absolute Gasteiger partial charge is 0.378 e. The number of anilines is 1. The van der Waals surface area contributed by atoms with E-state index >= 15 is 0 Å². The molecule has 0 heterocycles. The van der Waals surface area contributed by atoms with Crippen LogP contribution in [0.3, 0.4) is 0 Å². The maximum absolute atomic E-state index is 11.5. The van der Waals surface area contributed by atoms with Gasteiger partial charge in [-0.2, -0.15) is 0 Å². The molecule has 0 fully saturated rings. The van der Waals surface area contributed by atoms with Gasteiger partial charge in [0.1, 0.15) is 0 Å². The molecule has 0 aliphatic carbocycles. The lowest BCUT2D eigenvalue weighted by molar-refractivity contribution is 0.602. The molecule has 2 N–H and O–H groups in total. The van der Waals surface area contributed by atoms with Crippen molar-refractivity contribution in [2.24, 2.45) is 4.99 Å². The number of hydrogen-bond donors (Lipinski definition) is 2. The summed E-state index contributed by atoms with van der Waals surface area (Å²) in [7, 11) is 2.68. The van der Waals surface area contributed by atoms with E-state index in [1.54, 1.807) is 19.2 Å². The third-order valence-corrected chi connectivity index (χ3v) is 5.57. The topological polar surface area (TPSA) is 73.8 Å². The quantitative estimate of drug-likeness (QED) is 0.312. The minimum atomic E-state index is -3.14. The Hall–Kier alpha value is -1.81. The number of hydrogen-bond acceptors (Lipinski definition) is 4. The minimum Gasteiger partial charge on any atom is -0.378 e. The summed E-state index contributed by atoms with van der Waals surface area (Å²) in [6.07, 6.45) is 2.92. The first-order valence-electron chi connectivity index (χ1n) is 9.29. The number of halogens is 1. The van der Waals surface area contributed by atoms with Gasteiger partial charge in [-0.1, -0.05) is 24.3 Å². The van der Waals surface area contributed by atoms with Crippen LogP contribution in [0.2, 0.25) is 0 Å².